The van der Waals surface area contributed by atoms with Crippen molar-refractivity contribution in [3.05, 3.63) is 28.8 Å². The lowest BCUT2D eigenvalue weighted by atomic mass is 10.1. The van der Waals surface area contributed by atoms with Crippen molar-refractivity contribution >= 4 is 18.6 Å². The fraction of sp³-hybridized carbons (Fsp3) is 0.273. The van der Waals surface area contributed by atoms with E-state index in [1.165, 1.54) is 6.07 Å². The summed E-state index contributed by atoms with van der Waals surface area (Å²) in [5, 5.41) is 8.76. The molecule has 0 amide bonds. The highest BCUT2D eigenvalue weighted by Gasteiger charge is 2.13. The normalized spacial score (nSPS) is 9.47. The van der Waals surface area contributed by atoms with Crippen LogP contribution in [0.5, 0.6) is 0 Å². The Bertz CT molecular complexity index is 435. The van der Waals surface area contributed by atoms with E-state index in [1.807, 2.05) is 6.07 Å². The molecule has 0 unspecified atom stereocenters. The van der Waals surface area contributed by atoms with Crippen LogP contribution in [0.15, 0.2) is 17.0 Å². The second kappa shape index (κ2) is 4.85. The molecule has 1 rings (SSSR count). The van der Waals surface area contributed by atoms with Gasteiger partial charge in [-0.2, -0.15) is 5.26 Å². The Labute approximate surface area is 94.1 Å². The van der Waals surface area contributed by atoms with Gasteiger partial charge >= 0.3 is 5.97 Å². The maximum atomic E-state index is 11.5. The van der Waals surface area contributed by atoms with E-state index in [0.29, 0.717) is 22.6 Å². The van der Waals surface area contributed by atoms with Gasteiger partial charge in [0, 0.05) is 4.90 Å². The second-order valence-electron chi connectivity index (χ2n) is 3.02. The number of nitrogens with zero attached hydrogens (tertiary/aromatic N) is 1. The van der Waals surface area contributed by atoms with E-state index in [-0.39, 0.29) is 0 Å². The first-order valence-corrected chi connectivity index (χ1v) is 4.95. The Balaban J connectivity index is 3.23. The molecule has 78 valence electrons. The zero-order chi connectivity index (χ0) is 11.4. The molecule has 0 radical (unpaired) electrons. The fourth-order valence-corrected chi connectivity index (χ4v) is 1.43. The Morgan fingerprint density at radius 3 is 2.80 bits per heavy atom. The molecule has 0 spiro atoms. The van der Waals surface area contributed by atoms with E-state index in [1.54, 1.807) is 19.9 Å². The third-order valence-corrected chi connectivity index (χ3v) is 2.52. The number of esters is 1. The number of nitriles is 1. The zero-order valence-electron chi connectivity index (χ0n) is 8.57. The summed E-state index contributed by atoms with van der Waals surface area (Å²) < 4.78 is 4.87. The molecule has 0 aromatic heterocycles. The van der Waals surface area contributed by atoms with Crippen LogP contribution in [0.1, 0.15) is 28.4 Å². The molecule has 1 aromatic carbocycles. The van der Waals surface area contributed by atoms with Crippen LogP contribution in [0, 0.1) is 18.3 Å². The highest BCUT2D eigenvalue weighted by Crippen LogP contribution is 2.21. The molecule has 0 fully saturated rings. The van der Waals surface area contributed by atoms with Gasteiger partial charge in [0.2, 0.25) is 0 Å². The van der Waals surface area contributed by atoms with Gasteiger partial charge in [-0.25, -0.2) is 4.79 Å². The van der Waals surface area contributed by atoms with Crippen LogP contribution < -0.4 is 0 Å². The summed E-state index contributed by atoms with van der Waals surface area (Å²) in [6.45, 7) is 3.84. The van der Waals surface area contributed by atoms with Crippen LogP contribution >= 0.6 is 12.6 Å². The van der Waals surface area contributed by atoms with Crippen LogP contribution in [-0.4, -0.2) is 12.6 Å². The van der Waals surface area contributed by atoms with Crippen molar-refractivity contribution in [2.24, 2.45) is 0 Å². The monoisotopic (exact) mass is 221 g/mol. The minimum atomic E-state index is -0.442. The molecule has 0 aliphatic heterocycles. The van der Waals surface area contributed by atoms with Crippen molar-refractivity contribution in [2.75, 3.05) is 6.61 Å². The van der Waals surface area contributed by atoms with Crippen LogP contribution in [0.4, 0.5) is 0 Å². The number of carbonyl (C=O) groups is 1. The lowest BCUT2D eigenvalue weighted by molar-refractivity contribution is 0.0522. The van der Waals surface area contributed by atoms with E-state index in [4.69, 9.17) is 10.00 Å². The first kappa shape index (κ1) is 11.6. The molecule has 0 saturated carbocycles. The zero-order valence-corrected chi connectivity index (χ0v) is 9.47. The number of hydrogen-bond acceptors (Lipinski definition) is 4. The summed E-state index contributed by atoms with van der Waals surface area (Å²) in [7, 11) is 0. The molecule has 0 N–H and O–H groups in total. The molecule has 3 nitrogen and oxygen atoms in total. The van der Waals surface area contributed by atoms with E-state index >= 15 is 0 Å². The minimum Gasteiger partial charge on any atom is -0.462 e. The number of rotatable bonds is 2. The third-order valence-electron chi connectivity index (χ3n) is 1.92. The molecule has 0 atom stereocenters. The maximum absolute atomic E-state index is 11.5. The number of aryl methyl sites for hydroxylation is 1. The predicted molar refractivity (Wildman–Crippen MR) is 59.1 cm³/mol. The standard InChI is InChI=1S/C11H11NO2S/c1-3-14-11(13)9-5-8(6-12)4-7(2)10(9)15/h4-5,15H,3H2,1-2H3. The van der Waals surface area contributed by atoms with Crippen LogP contribution in [0.3, 0.4) is 0 Å². The van der Waals surface area contributed by atoms with Crippen molar-refractivity contribution in [2.45, 2.75) is 18.7 Å². The third kappa shape index (κ3) is 2.51. The fourth-order valence-electron chi connectivity index (χ4n) is 1.21. The number of thiol groups is 1. The predicted octanol–water partition coefficient (Wildman–Crippen LogP) is 2.33. The molecular formula is C11H11NO2S. The average Bonchev–Trinajstić information content (AvgIpc) is 2.22. The van der Waals surface area contributed by atoms with Crippen molar-refractivity contribution < 1.29 is 9.53 Å². The lowest BCUT2D eigenvalue weighted by Gasteiger charge is -2.07. The summed E-state index contributed by atoms with van der Waals surface area (Å²) in [5.74, 6) is -0.442. The minimum absolute atomic E-state index is 0.307. The summed E-state index contributed by atoms with van der Waals surface area (Å²) in [6, 6.07) is 5.17. The molecule has 0 aliphatic carbocycles. The van der Waals surface area contributed by atoms with Crippen LogP contribution in [0.2, 0.25) is 0 Å². The van der Waals surface area contributed by atoms with E-state index in [9.17, 15) is 4.79 Å². The number of hydrogen-bond donors (Lipinski definition) is 1. The molecular weight excluding hydrogens is 210 g/mol. The van der Waals surface area contributed by atoms with E-state index in [2.05, 4.69) is 12.6 Å². The van der Waals surface area contributed by atoms with Gasteiger partial charge in [-0.3, -0.25) is 0 Å². The van der Waals surface area contributed by atoms with Gasteiger partial charge in [0.1, 0.15) is 0 Å². The molecule has 0 aliphatic rings. The largest absolute Gasteiger partial charge is 0.462 e. The highest BCUT2D eigenvalue weighted by atomic mass is 32.1. The average molecular weight is 221 g/mol. The van der Waals surface area contributed by atoms with Crippen molar-refractivity contribution in [1.82, 2.24) is 0 Å². The van der Waals surface area contributed by atoms with E-state index in [0.717, 1.165) is 5.56 Å². The number of carbonyl (C=O) groups excluding carboxylic acids is 1. The number of ether oxygens (including phenoxy) is 1. The molecule has 4 heteroatoms. The Morgan fingerprint density at radius 2 is 2.27 bits per heavy atom. The lowest BCUT2D eigenvalue weighted by Crippen LogP contribution is -2.07. The van der Waals surface area contributed by atoms with E-state index < -0.39 is 5.97 Å². The van der Waals surface area contributed by atoms with Gasteiger partial charge in [-0.15, -0.1) is 12.6 Å². The van der Waals surface area contributed by atoms with Crippen molar-refractivity contribution in [3.8, 4) is 6.07 Å². The summed E-state index contributed by atoms with van der Waals surface area (Å²) in [5.41, 5.74) is 1.57. The molecule has 0 saturated heterocycles. The quantitative estimate of drug-likeness (QED) is 0.616. The summed E-state index contributed by atoms with van der Waals surface area (Å²) in [4.78, 5) is 12.1. The van der Waals surface area contributed by atoms with Crippen LogP contribution in [0.25, 0.3) is 0 Å². The van der Waals surface area contributed by atoms with Crippen molar-refractivity contribution in [1.29, 1.82) is 5.26 Å². The topological polar surface area (TPSA) is 50.1 Å². The van der Waals surface area contributed by atoms with Gasteiger partial charge in [-0.05, 0) is 31.5 Å². The smallest absolute Gasteiger partial charge is 0.339 e. The van der Waals surface area contributed by atoms with Gasteiger partial charge < -0.3 is 4.74 Å². The van der Waals surface area contributed by atoms with Crippen LogP contribution in [-0.2, 0) is 4.74 Å². The Kier molecular flexibility index (Phi) is 3.75. The Morgan fingerprint density at radius 1 is 1.60 bits per heavy atom. The summed E-state index contributed by atoms with van der Waals surface area (Å²) >= 11 is 4.22. The van der Waals surface area contributed by atoms with Gasteiger partial charge in [-0.1, -0.05) is 0 Å². The first-order valence-electron chi connectivity index (χ1n) is 4.51. The van der Waals surface area contributed by atoms with Gasteiger partial charge in [0.25, 0.3) is 0 Å². The Hall–Kier alpha value is -1.47. The highest BCUT2D eigenvalue weighted by molar-refractivity contribution is 7.80. The molecule has 0 heterocycles. The molecule has 0 bridgehead atoms. The molecule has 1 aromatic rings. The summed E-state index contributed by atoms with van der Waals surface area (Å²) in [6.07, 6.45) is 0. The SMILES string of the molecule is CCOC(=O)c1cc(C#N)cc(C)c1S. The van der Waals surface area contributed by atoms with Gasteiger partial charge in [0.15, 0.2) is 0 Å². The second-order valence-corrected chi connectivity index (χ2v) is 3.47. The van der Waals surface area contributed by atoms with Crippen molar-refractivity contribution in [3.63, 3.8) is 0 Å². The number of benzene rings is 1. The van der Waals surface area contributed by atoms with Gasteiger partial charge in [0.05, 0.1) is 23.8 Å². The first-order chi connectivity index (χ1) is 7.10. The maximum Gasteiger partial charge on any atom is 0.339 e. The molecule has 15 heavy (non-hydrogen) atoms.